The summed E-state index contributed by atoms with van der Waals surface area (Å²) in [5.74, 6) is -0.985. The van der Waals surface area contributed by atoms with Gasteiger partial charge in [0.1, 0.15) is 0 Å². The summed E-state index contributed by atoms with van der Waals surface area (Å²) in [4.78, 5) is 10.5. The maximum atomic E-state index is 10.5. The Bertz CT molecular complexity index is 600. The molecular formula is C13H11ClN2O2. The van der Waals surface area contributed by atoms with Gasteiger partial charge in [-0.25, -0.2) is 4.79 Å². The van der Waals surface area contributed by atoms with Crippen LogP contribution >= 0.6 is 11.6 Å². The molecule has 0 saturated carbocycles. The van der Waals surface area contributed by atoms with Gasteiger partial charge in [-0.2, -0.15) is 5.10 Å². The number of nitrogens with zero attached hydrogens (tertiary/aromatic N) is 2. The lowest BCUT2D eigenvalue weighted by Gasteiger charge is -2.04. The van der Waals surface area contributed by atoms with E-state index in [0.717, 1.165) is 22.9 Å². The van der Waals surface area contributed by atoms with Gasteiger partial charge < -0.3 is 5.11 Å². The van der Waals surface area contributed by atoms with E-state index in [1.54, 1.807) is 23.0 Å². The summed E-state index contributed by atoms with van der Waals surface area (Å²) in [6.45, 7) is 0. The number of aryl methyl sites for hydroxylation is 1. The van der Waals surface area contributed by atoms with Gasteiger partial charge >= 0.3 is 5.97 Å². The summed E-state index contributed by atoms with van der Waals surface area (Å²) >= 11 is 5.84. The van der Waals surface area contributed by atoms with Crippen molar-refractivity contribution in [1.82, 2.24) is 9.78 Å². The average molecular weight is 263 g/mol. The van der Waals surface area contributed by atoms with Crippen molar-refractivity contribution in [2.75, 3.05) is 0 Å². The van der Waals surface area contributed by atoms with E-state index in [1.807, 2.05) is 19.2 Å². The number of aliphatic carboxylic acids is 1. The minimum Gasteiger partial charge on any atom is -0.478 e. The van der Waals surface area contributed by atoms with Crippen molar-refractivity contribution >= 4 is 23.6 Å². The van der Waals surface area contributed by atoms with Crippen LogP contribution in [0.25, 0.3) is 17.3 Å². The molecule has 92 valence electrons. The summed E-state index contributed by atoms with van der Waals surface area (Å²) < 4.78 is 1.70. The molecule has 0 radical (unpaired) electrons. The molecule has 2 rings (SSSR count). The number of halogens is 1. The molecule has 0 bridgehead atoms. The lowest BCUT2D eigenvalue weighted by molar-refractivity contribution is -0.131. The zero-order chi connectivity index (χ0) is 13.1. The second-order valence-corrected chi connectivity index (χ2v) is 4.19. The van der Waals surface area contributed by atoms with Crippen molar-refractivity contribution in [2.24, 2.45) is 7.05 Å². The zero-order valence-electron chi connectivity index (χ0n) is 9.67. The van der Waals surface area contributed by atoms with Crippen LogP contribution in [0.3, 0.4) is 0 Å². The molecule has 0 aliphatic heterocycles. The summed E-state index contributed by atoms with van der Waals surface area (Å²) in [5, 5.41) is 13.4. The number of carboxylic acid groups (broad SMARTS) is 1. The summed E-state index contributed by atoms with van der Waals surface area (Å²) in [7, 11) is 1.81. The topological polar surface area (TPSA) is 55.1 Å². The van der Waals surface area contributed by atoms with E-state index in [1.165, 1.54) is 6.08 Å². The average Bonchev–Trinajstić information content (AvgIpc) is 2.69. The standard InChI is InChI=1S/C13H11ClN2O2/c1-16-13(9-2-5-11(14)6-3-9)10(8-15-16)4-7-12(17)18/h2-8H,1H3,(H,17,18)/b7-4+. The van der Waals surface area contributed by atoms with Crippen LogP contribution in [0, 0.1) is 0 Å². The molecule has 0 spiro atoms. The van der Waals surface area contributed by atoms with Gasteiger partial charge in [0.2, 0.25) is 0 Å². The molecule has 4 nitrogen and oxygen atoms in total. The Morgan fingerprint density at radius 3 is 2.67 bits per heavy atom. The first kappa shape index (κ1) is 12.4. The molecule has 2 aromatic rings. The molecule has 0 unspecified atom stereocenters. The number of hydrogen-bond donors (Lipinski definition) is 1. The van der Waals surface area contributed by atoms with E-state index in [2.05, 4.69) is 5.10 Å². The lowest BCUT2D eigenvalue weighted by atomic mass is 10.1. The largest absolute Gasteiger partial charge is 0.478 e. The minimum atomic E-state index is -0.985. The fourth-order valence-corrected chi connectivity index (χ4v) is 1.82. The Balaban J connectivity index is 2.46. The minimum absolute atomic E-state index is 0.656. The predicted octanol–water partition coefficient (Wildman–Crippen LogP) is 2.84. The third kappa shape index (κ3) is 2.60. The molecule has 1 heterocycles. The van der Waals surface area contributed by atoms with Crippen molar-refractivity contribution in [2.45, 2.75) is 0 Å². The molecule has 0 amide bonds. The van der Waals surface area contributed by atoms with Crippen molar-refractivity contribution in [3.05, 3.63) is 47.1 Å². The van der Waals surface area contributed by atoms with Crippen LogP contribution < -0.4 is 0 Å². The smallest absolute Gasteiger partial charge is 0.328 e. The first-order valence-electron chi connectivity index (χ1n) is 5.27. The number of aromatic nitrogens is 2. The molecular weight excluding hydrogens is 252 g/mol. The van der Waals surface area contributed by atoms with Crippen LogP contribution in [-0.4, -0.2) is 20.9 Å². The van der Waals surface area contributed by atoms with E-state index in [0.29, 0.717) is 5.02 Å². The van der Waals surface area contributed by atoms with Gasteiger partial charge in [-0.05, 0) is 18.2 Å². The summed E-state index contributed by atoms with van der Waals surface area (Å²) in [6.07, 6.45) is 4.25. The Morgan fingerprint density at radius 1 is 1.39 bits per heavy atom. The molecule has 0 atom stereocenters. The normalized spacial score (nSPS) is 11.0. The molecule has 1 aromatic carbocycles. The van der Waals surface area contributed by atoms with E-state index < -0.39 is 5.97 Å². The Morgan fingerprint density at radius 2 is 2.06 bits per heavy atom. The first-order valence-corrected chi connectivity index (χ1v) is 5.64. The highest BCUT2D eigenvalue weighted by Crippen LogP contribution is 2.25. The predicted molar refractivity (Wildman–Crippen MR) is 70.3 cm³/mol. The van der Waals surface area contributed by atoms with Crippen molar-refractivity contribution in [1.29, 1.82) is 0 Å². The number of benzene rings is 1. The third-order valence-corrected chi connectivity index (χ3v) is 2.74. The van der Waals surface area contributed by atoms with Crippen LogP contribution in [0.1, 0.15) is 5.56 Å². The highest BCUT2D eigenvalue weighted by molar-refractivity contribution is 6.30. The molecule has 0 aliphatic rings. The molecule has 1 N–H and O–H groups in total. The Hall–Kier alpha value is -2.07. The van der Waals surface area contributed by atoms with Crippen molar-refractivity contribution in [3.63, 3.8) is 0 Å². The third-order valence-electron chi connectivity index (χ3n) is 2.49. The van der Waals surface area contributed by atoms with Gasteiger partial charge in [-0.1, -0.05) is 23.7 Å². The first-order chi connectivity index (χ1) is 8.58. The fourth-order valence-electron chi connectivity index (χ4n) is 1.70. The molecule has 0 saturated heterocycles. The number of hydrogen-bond acceptors (Lipinski definition) is 2. The van der Waals surface area contributed by atoms with Gasteiger partial charge in [0, 0.05) is 29.3 Å². The quantitative estimate of drug-likeness (QED) is 0.866. The van der Waals surface area contributed by atoms with E-state index in [-0.39, 0.29) is 0 Å². The fraction of sp³-hybridized carbons (Fsp3) is 0.0769. The molecule has 5 heteroatoms. The Labute approximate surface area is 109 Å². The van der Waals surface area contributed by atoms with Crippen LogP contribution in [0.2, 0.25) is 5.02 Å². The van der Waals surface area contributed by atoms with Crippen molar-refractivity contribution in [3.8, 4) is 11.3 Å². The van der Waals surface area contributed by atoms with Crippen LogP contribution in [-0.2, 0) is 11.8 Å². The summed E-state index contributed by atoms with van der Waals surface area (Å²) in [6, 6.07) is 7.32. The molecule has 1 aromatic heterocycles. The zero-order valence-corrected chi connectivity index (χ0v) is 10.4. The molecule has 0 aliphatic carbocycles. The highest BCUT2D eigenvalue weighted by Gasteiger charge is 2.08. The Kier molecular flexibility index (Phi) is 3.48. The van der Waals surface area contributed by atoms with Gasteiger partial charge in [-0.15, -0.1) is 0 Å². The van der Waals surface area contributed by atoms with Gasteiger partial charge in [-0.3, -0.25) is 4.68 Å². The number of rotatable bonds is 3. The second kappa shape index (κ2) is 5.06. The monoisotopic (exact) mass is 262 g/mol. The number of carboxylic acids is 1. The van der Waals surface area contributed by atoms with E-state index in [9.17, 15) is 4.79 Å². The van der Waals surface area contributed by atoms with Gasteiger partial charge in [0.25, 0.3) is 0 Å². The van der Waals surface area contributed by atoms with Gasteiger partial charge in [0.05, 0.1) is 11.9 Å². The molecule has 0 fully saturated rings. The summed E-state index contributed by atoms with van der Waals surface area (Å²) in [5.41, 5.74) is 2.54. The van der Waals surface area contributed by atoms with Crippen LogP contribution in [0.5, 0.6) is 0 Å². The lowest BCUT2D eigenvalue weighted by Crippen LogP contribution is -1.94. The highest BCUT2D eigenvalue weighted by atomic mass is 35.5. The number of carbonyl (C=O) groups is 1. The maximum absolute atomic E-state index is 10.5. The van der Waals surface area contributed by atoms with Gasteiger partial charge in [0.15, 0.2) is 0 Å². The van der Waals surface area contributed by atoms with Crippen LogP contribution in [0.4, 0.5) is 0 Å². The van der Waals surface area contributed by atoms with Crippen LogP contribution in [0.15, 0.2) is 36.5 Å². The maximum Gasteiger partial charge on any atom is 0.328 e. The van der Waals surface area contributed by atoms with Crippen molar-refractivity contribution < 1.29 is 9.90 Å². The SMILES string of the molecule is Cn1ncc(/C=C/C(=O)O)c1-c1ccc(Cl)cc1. The molecule has 18 heavy (non-hydrogen) atoms. The second-order valence-electron chi connectivity index (χ2n) is 3.75. The van der Waals surface area contributed by atoms with E-state index >= 15 is 0 Å². The van der Waals surface area contributed by atoms with E-state index in [4.69, 9.17) is 16.7 Å².